The first-order chi connectivity index (χ1) is 13.7. The van der Waals surface area contributed by atoms with Crippen LogP contribution in [0.1, 0.15) is 13.8 Å². The summed E-state index contributed by atoms with van der Waals surface area (Å²) in [5, 5.41) is 0. The van der Waals surface area contributed by atoms with E-state index in [0.717, 1.165) is 0 Å². The Labute approximate surface area is 228 Å². The predicted octanol–water partition coefficient (Wildman–Crippen LogP) is 6.77. The molecule has 6 heteroatoms. The average Bonchev–Trinajstić information content (AvgIpc) is 3.45. The second-order valence-electron chi connectivity index (χ2n) is 6.57. The van der Waals surface area contributed by atoms with Gasteiger partial charge in [-0.1, -0.05) is 41.8 Å². The zero-order valence-corrected chi connectivity index (χ0v) is 25.6. The van der Waals surface area contributed by atoms with Gasteiger partial charge in [-0.05, 0) is 25.3 Å². The summed E-state index contributed by atoms with van der Waals surface area (Å²) in [4.78, 5) is 3.69. The Morgan fingerprint density at radius 1 is 1.06 bits per heavy atom. The van der Waals surface area contributed by atoms with Crippen LogP contribution in [0.25, 0.3) is 0 Å². The molecule has 5 rings (SSSR count). The van der Waals surface area contributed by atoms with Crippen LogP contribution in [-0.4, -0.2) is 19.2 Å². The van der Waals surface area contributed by atoms with Crippen LogP contribution in [0.5, 0.6) is 0 Å². The third-order valence-corrected chi connectivity index (χ3v) is 5.51. The van der Waals surface area contributed by atoms with E-state index in [0.29, 0.717) is 6.04 Å². The van der Waals surface area contributed by atoms with Gasteiger partial charge >= 0.3 is 30.2 Å². The molecule has 1 aromatic carbocycles. The van der Waals surface area contributed by atoms with Crippen LogP contribution in [-0.2, 0) is 23.3 Å². The van der Waals surface area contributed by atoms with Gasteiger partial charge in [-0.2, -0.15) is 23.9 Å². The second kappa shape index (κ2) is 16.0. The first-order valence-electron chi connectivity index (χ1n) is 9.18. The topological polar surface area (TPSA) is 3.24 Å². The molecular formula is C26H31Cl2NSSiZr-4. The van der Waals surface area contributed by atoms with Gasteiger partial charge in [0.1, 0.15) is 0 Å². The minimum atomic E-state index is 0. The molecule has 1 aromatic rings. The number of para-hydroxylation sites is 1. The van der Waals surface area contributed by atoms with Crippen LogP contribution in [0.3, 0.4) is 0 Å². The summed E-state index contributed by atoms with van der Waals surface area (Å²) < 4.78 is 0. The van der Waals surface area contributed by atoms with Crippen molar-refractivity contribution in [2.75, 3.05) is 11.2 Å². The number of nitrogens with zero attached hydrogens (tertiary/aromatic N) is 1. The molecule has 3 aliphatic carbocycles. The van der Waals surface area contributed by atoms with E-state index in [9.17, 15) is 0 Å². The molecule has 0 saturated heterocycles. The van der Waals surface area contributed by atoms with Crippen molar-refractivity contribution in [2.45, 2.75) is 19.9 Å². The van der Waals surface area contributed by atoms with E-state index in [-0.39, 0.29) is 39.7 Å². The van der Waals surface area contributed by atoms with E-state index >= 15 is 0 Å². The molecule has 0 amide bonds. The third kappa shape index (κ3) is 7.37. The fourth-order valence-corrected chi connectivity index (χ4v) is 4.16. The Balaban J connectivity index is 0. The van der Waals surface area contributed by atoms with Gasteiger partial charge in [0.05, 0.1) is 0 Å². The summed E-state index contributed by atoms with van der Waals surface area (Å²) in [6.45, 7) is 6.27. The van der Waals surface area contributed by atoms with Gasteiger partial charge in [-0.15, -0.1) is 77.5 Å². The predicted molar refractivity (Wildman–Crippen MR) is 148 cm³/mol. The van der Waals surface area contributed by atoms with Crippen molar-refractivity contribution in [3.63, 3.8) is 0 Å². The Morgan fingerprint density at radius 2 is 1.72 bits per heavy atom. The second-order valence-corrected chi connectivity index (χ2v) is 7.42. The first kappa shape index (κ1) is 33.4. The molecule has 0 saturated carbocycles. The number of benzene rings is 1. The number of anilines is 1. The fraction of sp³-hybridized carbons (Fsp3) is 0.154. The molecule has 32 heavy (non-hydrogen) atoms. The number of thioether (sulfide) groups is 1. The van der Waals surface area contributed by atoms with Crippen LogP contribution < -0.4 is 4.90 Å². The van der Waals surface area contributed by atoms with Crippen LogP contribution >= 0.6 is 36.6 Å². The number of hydrogen-bond acceptors (Lipinski definition) is 2. The molecule has 0 N–H and O–H groups in total. The van der Waals surface area contributed by atoms with E-state index in [1.54, 1.807) is 35.1 Å². The normalized spacial score (nSPS) is 17.8. The summed E-state index contributed by atoms with van der Waals surface area (Å²) in [5.41, 5.74) is 7.58. The van der Waals surface area contributed by atoms with Crippen LogP contribution in [0, 0.1) is 27.0 Å². The average molecular weight is 580 g/mol. The van der Waals surface area contributed by atoms with Gasteiger partial charge in [0.2, 0.25) is 0 Å². The van der Waals surface area contributed by atoms with Crippen molar-refractivity contribution in [1.82, 2.24) is 0 Å². The van der Waals surface area contributed by atoms with Crippen molar-refractivity contribution in [2.24, 2.45) is 0 Å². The molecular weight excluding hydrogens is 549 g/mol. The first-order valence-corrected chi connectivity index (χ1v) is 16.3. The zero-order chi connectivity index (χ0) is 20.1. The summed E-state index contributed by atoms with van der Waals surface area (Å²) in [7, 11) is 0. The zero-order valence-electron chi connectivity index (χ0n) is 19.3. The maximum absolute atomic E-state index is 3.39. The summed E-state index contributed by atoms with van der Waals surface area (Å²) in [5.74, 6) is 0. The van der Waals surface area contributed by atoms with Crippen molar-refractivity contribution >= 4 is 49.1 Å². The van der Waals surface area contributed by atoms with Gasteiger partial charge < -0.3 is 19.8 Å². The van der Waals surface area contributed by atoms with Crippen molar-refractivity contribution < 1.29 is 23.3 Å². The Bertz CT molecular complexity index is 975. The Hall–Kier alpha value is -0.770. The monoisotopic (exact) mass is 577 g/mol. The van der Waals surface area contributed by atoms with Gasteiger partial charge in [0, 0.05) is 11.7 Å². The van der Waals surface area contributed by atoms with E-state index in [2.05, 4.69) is 97.9 Å². The molecule has 172 valence electrons. The fourth-order valence-electron chi connectivity index (χ4n) is 3.57. The molecule has 0 spiro atoms. The van der Waals surface area contributed by atoms with Gasteiger partial charge in [-0.25, -0.2) is 0 Å². The molecule has 1 unspecified atom stereocenters. The minimum absolute atomic E-state index is 0. The van der Waals surface area contributed by atoms with E-state index < -0.39 is 0 Å². The number of halogens is 2. The SMILES string of the molecule is CC1=[C-]C2=CC(C)N(c3ccccc3)C2=C1.CSC1=C2[C-]=CC=C2C=C1.Cl.Cl.[CH3-].[CH3-].[SiH2]=[Zr]. The maximum atomic E-state index is 3.39. The van der Waals surface area contributed by atoms with Crippen LogP contribution in [0.4, 0.5) is 5.69 Å². The van der Waals surface area contributed by atoms with Crippen LogP contribution in [0.2, 0.25) is 0 Å². The number of rotatable bonds is 2. The molecule has 1 nitrogen and oxygen atoms in total. The summed E-state index contributed by atoms with van der Waals surface area (Å²) in [6, 6.07) is 10.9. The molecule has 0 aromatic heterocycles. The molecule has 1 aliphatic heterocycles. The van der Waals surface area contributed by atoms with Crippen LogP contribution in [0.15, 0.2) is 99.7 Å². The molecule has 0 bridgehead atoms. The van der Waals surface area contributed by atoms with Gasteiger partial charge in [0.15, 0.2) is 0 Å². The molecule has 4 aliphatic rings. The van der Waals surface area contributed by atoms with E-state index in [1.165, 1.54) is 38.6 Å². The van der Waals surface area contributed by atoms with Crippen molar-refractivity contribution in [3.8, 4) is 0 Å². The molecule has 1 heterocycles. The molecule has 0 fully saturated rings. The molecule has 1 atom stereocenters. The Morgan fingerprint density at radius 3 is 2.34 bits per heavy atom. The van der Waals surface area contributed by atoms with Crippen molar-refractivity contribution in [1.29, 1.82) is 0 Å². The summed E-state index contributed by atoms with van der Waals surface area (Å²) in [6.07, 6.45) is 21.5. The summed E-state index contributed by atoms with van der Waals surface area (Å²) >= 11 is 3.36. The third-order valence-electron chi connectivity index (χ3n) is 4.73. The van der Waals surface area contributed by atoms with Crippen molar-refractivity contribution in [3.05, 3.63) is 127 Å². The van der Waals surface area contributed by atoms with E-state index in [1.807, 2.05) is 13.0 Å². The number of fused-ring (bicyclic) bond motifs is 2. The van der Waals surface area contributed by atoms with Gasteiger partial charge in [0.25, 0.3) is 0 Å². The number of hydrogen-bond donors (Lipinski definition) is 0. The number of allylic oxidation sites excluding steroid dienone is 10. The van der Waals surface area contributed by atoms with Gasteiger partial charge in [-0.3, -0.25) is 0 Å². The van der Waals surface area contributed by atoms with E-state index in [4.69, 9.17) is 0 Å². The quantitative estimate of drug-likeness (QED) is 0.281. The molecule has 0 radical (unpaired) electrons. The Kier molecular flexibility index (Phi) is 16.7. The standard InChI is InChI=1S/C15H14N.C9H7S.2CH3.2ClH.H2Si.Zr/c1-11-8-13-10-12(2)16(15(13)9-11)14-6-4-3-5-7-14;1-10-9-6-5-7-3-2-4-8(7)9;;;;;;/h3-7,9-10,12H,1-2H3;2-3,5-6H,1H3;2*1H3;2*1H;1H2;/q4*-1;;;;.